The highest BCUT2D eigenvalue weighted by atomic mass is 19.1. The van der Waals surface area contributed by atoms with Crippen LogP contribution in [-0.4, -0.2) is 14.5 Å². The van der Waals surface area contributed by atoms with Crippen LogP contribution in [0.15, 0.2) is 59.5 Å². The lowest BCUT2D eigenvalue weighted by molar-refractivity contribution is 0.572. The van der Waals surface area contributed by atoms with Gasteiger partial charge in [-0.3, -0.25) is 14.3 Å². The number of benzene rings is 2. The highest BCUT2D eigenvalue weighted by molar-refractivity contribution is 5.79. The van der Waals surface area contributed by atoms with Crippen LogP contribution < -0.4 is 11.3 Å². The number of fused-ring (bicyclic) bond motifs is 1. The van der Waals surface area contributed by atoms with E-state index in [-0.39, 0.29) is 23.7 Å². The van der Waals surface area contributed by atoms with Gasteiger partial charge in [-0.2, -0.15) is 5.26 Å². The molecular weight excluding hydrogens is 424 g/mol. The SMILES string of the molecule is CC(C)c1ccc(-n2c([C@@H](N)Cc3cc(F)cc(F)c3)nc3cc(C#N)ccc3c2=O)cn1. The van der Waals surface area contributed by atoms with Gasteiger partial charge in [-0.15, -0.1) is 0 Å². The summed E-state index contributed by atoms with van der Waals surface area (Å²) in [5, 5.41) is 9.54. The number of halogens is 2. The Kier molecular flexibility index (Phi) is 5.99. The van der Waals surface area contributed by atoms with E-state index in [9.17, 15) is 18.8 Å². The van der Waals surface area contributed by atoms with E-state index in [0.717, 1.165) is 11.8 Å². The summed E-state index contributed by atoms with van der Waals surface area (Å²) in [6, 6.07) is 12.5. The van der Waals surface area contributed by atoms with Crippen molar-refractivity contribution in [3.63, 3.8) is 0 Å². The summed E-state index contributed by atoms with van der Waals surface area (Å²) in [7, 11) is 0. The number of nitriles is 1. The molecular formula is C25H21F2N5O. The minimum atomic E-state index is -0.862. The minimum absolute atomic E-state index is 0.0437. The average Bonchev–Trinajstić information content (AvgIpc) is 2.78. The van der Waals surface area contributed by atoms with E-state index in [1.807, 2.05) is 26.0 Å². The largest absolute Gasteiger partial charge is 0.321 e. The maximum atomic E-state index is 13.7. The van der Waals surface area contributed by atoms with E-state index < -0.39 is 17.7 Å². The molecule has 2 aromatic carbocycles. The number of rotatable bonds is 5. The molecule has 1 atom stereocenters. The number of hydrogen-bond donors (Lipinski definition) is 1. The smallest absolute Gasteiger partial charge is 0.266 e. The summed E-state index contributed by atoms with van der Waals surface area (Å²) in [5.41, 5.74) is 8.38. The predicted octanol–water partition coefficient (Wildman–Crippen LogP) is 4.30. The zero-order valence-corrected chi connectivity index (χ0v) is 18.1. The third kappa shape index (κ3) is 4.49. The maximum Gasteiger partial charge on any atom is 0.266 e. The molecule has 0 saturated carbocycles. The monoisotopic (exact) mass is 445 g/mol. The molecule has 4 rings (SSSR count). The Balaban J connectivity index is 1.90. The molecule has 0 radical (unpaired) electrons. The summed E-state index contributed by atoms with van der Waals surface area (Å²) in [4.78, 5) is 22.5. The van der Waals surface area contributed by atoms with Gasteiger partial charge in [-0.1, -0.05) is 13.8 Å². The molecule has 0 unspecified atom stereocenters. The second-order valence-electron chi connectivity index (χ2n) is 8.14. The Morgan fingerprint density at radius 1 is 1.09 bits per heavy atom. The molecule has 6 nitrogen and oxygen atoms in total. The lowest BCUT2D eigenvalue weighted by Gasteiger charge is -2.19. The summed E-state index contributed by atoms with van der Waals surface area (Å²) in [6.07, 6.45) is 1.62. The van der Waals surface area contributed by atoms with Gasteiger partial charge < -0.3 is 5.73 Å². The van der Waals surface area contributed by atoms with Crippen molar-refractivity contribution in [3.05, 3.63) is 99.4 Å². The first-order chi connectivity index (χ1) is 15.8. The standard InChI is InChI=1S/C25H21F2N5O/c1-14(2)22-6-4-19(13-30-22)32-24(21(29)9-16-7-17(26)11-18(27)8-16)31-23-10-15(12-28)3-5-20(23)25(32)33/h3-8,10-11,13-14,21H,9,29H2,1-2H3/t21-/m0/s1. The quantitative estimate of drug-likeness (QED) is 0.494. The highest BCUT2D eigenvalue weighted by Crippen LogP contribution is 2.22. The van der Waals surface area contributed by atoms with Crippen molar-refractivity contribution in [1.29, 1.82) is 5.26 Å². The molecule has 2 heterocycles. The third-order valence-corrected chi connectivity index (χ3v) is 5.35. The summed E-state index contributed by atoms with van der Waals surface area (Å²) < 4.78 is 28.8. The summed E-state index contributed by atoms with van der Waals surface area (Å²) >= 11 is 0. The summed E-state index contributed by atoms with van der Waals surface area (Å²) in [5.74, 6) is -1.02. The van der Waals surface area contributed by atoms with Crippen LogP contribution in [-0.2, 0) is 6.42 Å². The van der Waals surface area contributed by atoms with Crippen LogP contribution in [0, 0.1) is 23.0 Å². The average molecular weight is 445 g/mol. The van der Waals surface area contributed by atoms with Crippen LogP contribution in [0.4, 0.5) is 8.78 Å². The van der Waals surface area contributed by atoms with Gasteiger partial charge in [0.25, 0.3) is 5.56 Å². The fraction of sp³-hybridized carbons (Fsp3) is 0.200. The zero-order chi connectivity index (χ0) is 23.7. The van der Waals surface area contributed by atoms with Crippen LogP contribution in [0.25, 0.3) is 16.6 Å². The molecule has 33 heavy (non-hydrogen) atoms. The third-order valence-electron chi connectivity index (χ3n) is 5.35. The second-order valence-corrected chi connectivity index (χ2v) is 8.14. The van der Waals surface area contributed by atoms with Gasteiger partial charge in [0.15, 0.2) is 0 Å². The first kappa shape index (κ1) is 22.2. The molecule has 0 saturated heterocycles. The molecule has 0 fully saturated rings. The van der Waals surface area contributed by atoms with Gasteiger partial charge in [-0.25, -0.2) is 13.8 Å². The van der Waals surface area contributed by atoms with Crippen molar-refractivity contribution in [2.75, 3.05) is 0 Å². The number of aromatic nitrogens is 3. The fourth-order valence-electron chi connectivity index (χ4n) is 3.72. The zero-order valence-electron chi connectivity index (χ0n) is 18.1. The van der Waals surface area contributed by atoms with E-state index in [2.05, 4.69) is 9.97 Å². The van der Waals surface area contributed by atoms with Gasteiger partial charge in [0.1, 0.15) is 17.5 Å². The van der Waals surface area contributed by atoms with Crippen LogP contribution in [0.1, 0.15) is 48.5 Å². The topological polar surface area (TPSA) is 97.6 Å². The molecule has 0 spiro atoms. The molecule has 0 aliphatic rings. The van der Waals surface area contributed by atoms with Crippen LogP contribution in [0.2, 0.25) is 0 Å². The highest BCUT2D eigenvalue weighted by Gasteiger charge is 2.20. The normalized spacial score (nSPS) is 12.2. The van der Waals surface area contributed by atoms with Crippen molar-refractivity contribution < 1.29 is 8.78 Å². The van der Waals surface area contributed by atoms with Crippen LogP contribution in [0.3, 0.4) is 0 Å². The predicted molar refractivity (Wildman–Crippen MR) is 121 cm³/mol. The molecule has 166 valence electrons. The Labute approximate surface area is 189 Å². The Morgan fingerprint density at radius 3 is 2.42 bits per heavy atom. The Bertz CT molecular complexity index is 1420. The van der Waals surface area contributed by atoms with E-state index >= 15 is 0 Å². The number of pyridine rings is 1. The molecule has 8 heteroatoms. The molecule has 0 aliphatic carbocycles. The van der Waals surface area contributed by atoms with Crippen LogP contribution in [0.5, 0.6) is 0 Å². The Hall–Kier alpha value is -3.96. The van der Waals surface area contributed by atoms with Crippen LogP contribution >= 0.6 is 0 Å². The van der Waals surface area contributed by atoms with Crippen molar-refractivity contribution >= 4 is 10.9 Å². The number of nitrogens with two attached hydrogens (primary N) is 1. The van der Waals surface area contributed by atoms with Gasteiger partial charge in [-0.05, 0) is 60.4 Å². The molecule has 2 N–H and O–H groups in total. The van der Waals surface area contributed by atoms with Gasteiger partial charge in [0.2, 0.25) is 0 Å². The molecule has 0 bridgehead atoms. The second kappa shape index (κ2) is 8.88. The van der Waals surface area contributed by atoms with E-state index in [0.29, 0.717) is 27.7 Å². The van der Waals surface area contributed by atoms with E-state index in [1.54, 1.807) is 24.4 Å². The van der Waals surface area contributed by atoms with E-state index in [4.69, 9.17) is 5.73 Å². The van der Waals surface area contributed by atoms with Gasteiger partial charge in [0.05, 0.1) is 40.5 Å². The summed E-state index contributed by atoms with van der Waals surface area (Å²) in [6.45, 7) is 4.02. The fourth-order valence-corrected chi connectivity index (χ4v) is 3.72. The van der Waals surface area contributed by atoms with Gasteiger partial charge in [0, 0.05) is 11.8 Å². The lowest BCUT2D eigenvalue weighted by Crippen LogP contribution is -2.29. The molecule has 0 amide bonds. The number of hydrogen-bond acceptors (Lipinski definition) is 5. The molecule has 4 aromatic rings. The van der Waals surface area contributed by atoms with Crippen molar-refractivity contribution in [2.45, 2.75) is 32.2 Å². The first-order valence-corrected chi connectivity index (χ1v) is 10.4. The van der Waals surface area contributed by atoms with Crippen molar-refractivity contribution in [1.82, 2.24) is 14.5 Å². The first-order valence-electron chi connectivity index (χ1n) is 10.4. The van der Waals surface area contributed by atoms with Crippen molar-refractivity contribution in [3.8, 4) is 11.8 Å². The maximum absolute atomic E-state index is 13.7. The minimum Gasteiger partial charge on any atom is -0.321 e. The Morgan fingerprint density at radius 2 is 1.82 bits per heavy atom. The number of nitrogens with zero attached hydrogens (tertiary/aromatic N) is 4. The lowest BCUT2D eigenvalue weighted by atomic mass is 10.0. The van der Waals surface area contributed by atoms with E-state index in [1.165, 1.54) is 22.8 Å². The molecule has 0 aliphatic heterocycles. The molecule has 2 aromatic heterocycles. The van der Waals surface area contributed by atoms with Gasteiger partial charge >= 0.3 is 0 Å². The van der Waals surface area contributed by atoms with Crippen molar-refractivity contribution in [2.24, 2.45) is 5.73 Å².